The fourth-order valence-corrected chi connectivity index (χ4v) is 2.68. The predicted molar refractivity (Wildman–Crippen MR) is 82.0 cm³/mol. The van der Waals surface area contributed by atoms with E-state index in [1.165, 1.54) is 22.2 Å². The summed E-state index contributed by atoms with van der Waals surface area (Å²) in [6.07, 6.45) is 1.40. The second-order valence-corrected chi connectivity index (χ2v) is 5.46. The molecule has 0 bridgehead atoms. The number of aromatic amines is 1. The smallest absolute Gasteiger partial charge is 0.273 e. The summed E-state index contributed by atoms with van der Waals surface area (Å²) in [6, 6.07) is 1.69. The standard InChI is InChI=1S/C12H11N7O3S/c13-9(21)8-10(17-18-16-8)15-7(20)1-3-19-5-14-11-6(12(19)22)2-4-23-11/h2,4-5H,1,3H2,(H2,13,21)(H2,15,16,17,18,20). The lowest BCUT2D eigenvalue weighted by molar-refractivity contribution is -0.116. The number of nitrogens with zero attached hydrogens (tertiary/aromatic N) is 4. The molecule has 0 aliphatic heterocycles. The largest absolute Gasteiger partial charge is 0.364 e. The first-order valence-electron chi connectivity index (χ1n) is 6.49. The number of aryl methyl sites for hydroxylation is 1. The van der Waals surface area contributed by atoms with Crippen LogP contribution < -0.4 is 16.6 Å². The van der Waals surface area contributed by atoms with Gasteiger partial charge in [-0.25, -0.2) is 4.98 Å². The van der Waals surface area contributed by atoms with Crippen LogP contribution in [-0.2, 0) is 11.3 Å². The highest BCUT2D eigenvalue weighted by Crippen LogP contribution is 2.13. The fourth-order valence-electron chi connectivity index (χ4n) is 1.96. The molecule has 0 atom stereocenters. The third-order valence-electron chi connectivity index (χ3n) is 3.07. The molecule has 0 aliphatic rings. The number of carbonyl (C=O) groups excluding carboxylic acids is 2. The summed E-state index contributed by atoms with van der Waals surface area (Å²) in [4.78, 5) is 40.0. The van der Waals surface area contributed by atoms with Gasteiger partial charge in [0.25, 0.3) is 11.5 Å². The van der Waals surface area contributed by atoms with Crippen LogP contribution in [0.25, 0.3) is 10.2 Å². The molecule has 11 heteroatoms. The van der Waals surface area contributed by atoms with Gasteiger partial charge in [-0.2, -0.15) is 5.21 Å². The van der Waals surface area contributed by atoms with Gasteiger partial charge in [-0.1, -0.05) is 0 Å². The minimum atomic E-state index is -0.808. The lowest BCUT2D eigenvalue weighted by Crippen LogP contribution is -2.24. The van der Waals surface area contributed by atoms with Crippen molar-refractivity contribution in [1.29, 1.82) is 0 Å². The van der Waals surface area contributed by atoms with Crippen LogP contribution in [0.3, 0.4) is 0 Å². The maximum absolute atomic E-state index is 12.2. The Labute approximate surface area is 132 Å². The average Bonchev–Trinajstić information content (AvgIpc) is 3.15. The number of thiophene rings is 1. The number of primary amides is 1. The van der Waals surface area contributed by atoms with Crippen LogP contribution in [0.1, 0.15) is 16.9 Å². The normalized spacial score (nSPS) is 10.8. The van der Waals surface area contributed by atoms with Gasteiger partial charge in [-0.05, 0) is 11.4 Å². The van der Waals surface area contributed by atoms with E-state index >= 15 is 0 Å². The average molecular weight is 333 g/mol. The van der Waals surface area contributed by atoms with E-state index in [-0.39, 0.29) is 30.0 Å². The van der Waals surface area contributed by atoms with Gasteiger partial charge in [-0.3, -0.25) is 19.0 Å². The lowest BCUT2D eigenvalue weighted by Gasteiger charge is -2.05. The summed E-state index contributed by atoms with van der Waals surface area (Å²) in [5.41, 5.74) is 4.74. The van der Waals surface area contributed by atoms with Crippen molar-refractivity contribution in [3.8, 4) is 0 Å². The van der Waals surface area contributed by atoms with Crippen molar-refractivity contribution in [2.45, 2.75) is 13.0 Å². The van der Waals surface area contributed by atoms with Crippen molar-refractivity contribution in [1.82, 2.24) is 25.0 Å². The number of aromatic nitrogens is 5. The molecule has 0 aliphatic carbocycles. The van der Waals surface area contributed by atoms with Gasteiger partial charge in [0.2, 0.25) is 5.91 Å². The lowest BCUT2D eigenvalue weighted by atomic mass is 10.3. The zero-order valence-corrected chi connectivity index (χ0v) is 12.5. The third-order valence-corrected chi connectivity index (χ3v) is 3.89. The number of carbonyl (C=O) groups is 2. The monoisotopic (exact) mass is 333 g/mol. The van der Waals surface area contributed by atoms with Crippen LogP contribution in [0, 0.1) is 0 Å². The topological polar surface area (TPSA) is 149 Å². The molecule has 0 saturated carbocycles. The van der Waals surface area contributed by atoms with Crippen LogP contribution in [0.5, 0.6) is 0 Å². The highest BCUT2D eigenvalue weighted by molar-refractivity contribution is 7.16. The Hall–Kier alpha value is -3.08. The molecule has 0 spiro atoms. The molecule has 0 radical (unpaired) electrons. The Kier molecular flexibility index (Phi) is 3.85. The minimum absolute atomic E-state index is 0.00227. The summed E-state index contributed by atoms with van der Waals surface area (Å²) in [5.74, 6) is -1.28. The first-order chi connectivity index (χ1) is 11.1. The fraction of sp³-hybridized carbons (Fsp3) is 0.167. The van der Waals surface area contributed by atoms with Gasteiger partial charge in [0, 0.05) is 13.0 Å². The van der Waals surface area contributed by atoms with E-state index in [1.54, 1.807) is 11.4 Å². The van der Waals surface area contributed by atoms with Crippen molar-refractivity contribution >= 4 is 39.2 Å². The third kappa shape index (κ3) is 2.94. The number of hydrogen-bond donors (Lipinski definition) is 3. The zero-order chi connectivity index (χ0) is 16.4. The minimum Gasteiger partial charge on any atom is -0.364 e. The molecule has 4 N–H and O–H groups in total. The number of nitrogens with one attached hydrogen (secondary N) is 2. The van der Waals surface area contributed by atoms with E-state index in [0.717, 1.165) is 0 Å². The van der Waals surface area contributed by atoms with E-state index in [0.29, 0.717) is 10.2 Å². The van der Waals surface area contributed by atoms with Gasteiger partial charge in [0.1, 0.15) is 4.83 Å². The molecule has 3 aromatic rings. The summed E-state index contributed by atoms with van der Waals surface area (Å²) in [6.45, 7) is 0.146. The van der Waals surface area contributed by atoms with Crippen LogP contribution in [-0.4, -0.2) is 36.8 Å². The van der Waals surface area contributed by atoms with E-state index in [2.05, 4.69) is 25.7 Å². The highest BCUT2D eigenvalue weighted by Gasteiger charge is 2.16. The first-order valence-corrected chi connectivity index (χ1v) is 7.37. The number of hydrogen-bond acceptors (Lipinski definition) is 7. The quantitative estimate of drug-likeness (QED) is 0.584. The van der Waals surface area contributed by atoms with E-state index in [4.69, 9.17) is 5.73 Å². The molecular weight excluding hydrogens is 322 g/mol. The van der Waals surface area contributed by atoms with Crippen molar-refractivity contribution in [2.75, 3.05) is 5.32 Å². The summed E-state index contributed by atoms with van der Waals surface area (Å²) in [7, 11) is 0. The molecule has 118 valence electrons. The number of rotatable bonds is 5. The number of H-pyrrole nitrogens is 1. The number of amides is 2. The Morgan fingerprint density at radius 1 is 1.39 bits per heavy atom. The van der Waals surface area contributed by atoms with Crippen molar-refractivity contribution in [2.24, 2.45) is 5.73 Å². The van der Waals surface area contributed by atoms with Crippen molar-refractivity contribution in [3.05, 3.63) is 33.8 Å². The Balaban J connectivity index is 1.68. The second kappa shape index (κ2) is 5.96. The molecule has 3 heterocycles. The molecule has 0 unspecified atom stereocenters. The van der Waals surface area contributed by atoms with Gasteiger partial charge in [-0.15, -0.1) is 21.5 Å². The molecular formula is C12H11N7O3S. The Morgan fingerprint density at radius 3 is 3.00 bits per heavy atom. The Morgan fingerprint density at radius 2 is 2.22 bits per heavy atom. The predicted octanol–water partition coefficient (Wildman–Crippen LogP) is -0.296. The van der Waals surface area contributed by atoms with Crippen LogP contribution in [0.2, 0.25) is 0 Å². The van der Waals surface area contributed by atoms with Gasteiger partial charge in [0.05, 0.1) is 11.7 Å². The molecule has 0 fully saturated rings. The molecule has 3 rings (SSSR count). The molecule has 0 aromatic carbocycles. The van der Waals surface area contributed by atoms with E-state index < -0.39 is 11.8 Å². The van der Waals surface area contributed by atoms with Crippen LogP contribution in [0.4, 0.5) is 5.82 Å². The van der Waals surface area contributed by atoms with E-state index in [1.807, 2.05) is 0 Å². The van der Waals surface area contributed by atoms with Gasteiger partial charge in [0.15, 0.2) is 11.5 Å². The number of nitrogens with two attached hydrogens (primary N) is 1. The van der Waals surface area contributed by atoms with Gasteiger partial charge < -0.3 is 11.1 Å². The molecule has 23 heavy (non-hydrogen) atoms. The molecule has 3 aromatic heterocycles. The molecule has 0 saturated heterocycles. The van der Waals surface area contributed by atoms with Crippen molar-refractivity contribution in [3.63, 3.8) is 0 Å². The maximum atomic E-state index is 12.2. The Bertz CT molecular complexity index is 941. The van der Waals surface area contributed by atoms with Crippen LogP contribution >= 0.6 is 11.3 Å². The SMILES string of the molecule is NC(=O)c1n[nH]nc1NC(=O)CCn1cnc2sccc2c1=O. The highest BCUT2D eigenvalue weighted by atomic mass is 32.1. The zero-order valence-electron chi connectivity index (χ0n) is 11.6. The second-order valence-electron chi connectivity index (χ2n) is 4.57. The number of fused-ring (bicyclic) bond motifs is 1. The molecule has 2 amide bonds. The van der Waals surface area contributed by atoms with Crippen molar-refractivity contribution < 1.29 is 9.59 Å². The molecule has 10 nitrogen and oxygen atoms in total. The summed E-state index contributed by atoms with van der Waals surface area (Å²) < 4.78 is 1.35. The van der Waals surface area contributed by atoms with Gasteiger partial charge >= 0.3 is 0 Å². The number of anilines is 1. The maximum Gasteiger partial charge on any atom is 0.273 e. The summed E-state index contributed by atoms with van der Waals surface area (Å²) >= 11 is 1.38. The van der Waals surface area contributed by atoms with E-state index in [9.17, 15) is 14.4 Å². The van der Waals surface area contributed by atoms with Crippen LogP contribution in [0.15, 0.2) is 22.6 Å². The summed E-state index contributed by atoms with van der Waals surface area (Å²) in [5, 5.41) is 14.1. The first kappa shape index (κ1) is 14.8.